The van der Waals surface area contributed by atoms with Crippen LogP contribution in [0, 0.1) is 0 Å². The first-order valence-corrected chi connectivity index (χ1v) is 9.29. The van der Waals surface area contributed by atoms with Gasteiger partial charge in [0.25, 0.3) is 5.56 Å². The van der Waals surface area contributed by atoms with Crippen LogP contribution in [0.1, 0.15) is 10.4 Å². The molecule has 1 aromatic carbocycles. The lowest BCUT2D eigenvalue weighted by Gasteiger charge is -2.27. The molecule has 1 saturated heterocycles. The molecule has 0 bridgehead atoms. The van der Waals surface area contributed by atoms with Gasteiger partial charge in [-0.25, -0.2) is 4.68 Å². The van der Waals surface area contributed by atoms with E-state index >= 15 is 0 Å². The van der Waals surface area contributed by atoms with E-state index in [4.69, 9.17) is 5.73 Å². The van der Waals surface area contributed by atoms with E-state index < -0.39 is 5.91 Å². The highest BCUT2D eigenvalue weighted by Gasteiger charge is 2.14. The van der Waals surface area contributed by atoms with Crippen molar-refractivity contribution in [2.45, 2.75) is 6.54 Å². The van der Waals surface area contributed by atoms with E-state index in [2.05, 4.69) is 15.3 Å². The standard InChI is InChI=1S/C17H19N5O3S/c18-17(25)12-1-3-13(4-2-12)19-15(23)11-22-16(24)6-5-14(20-22)21-7-9-26-10-8-21/h1-6H,7-11H2,(H2,18,25)(H,19,23). The molecule has 2 aromatic rings. The molecular weight excluding hydrogens is 354 g/mol. The van der Waals surface area contributed by atoms with Gasteiger partial charge in [-0.15, -0.1) is 0 Å². The second kappa shape index (κ2) is 8.05. The number of hydrogen-bond donors (Lipinski definition) is 2. The lowest BCUT2D eigenvalue weighted by atomic mass is 10.2. The topological polar surface area (TPSA) is 110 Å². The highest BCUT2D eigenvalue weighted by atomic mass is 32.2. The molecular formula is C17H19N5O3S. The Hall–Kier alpha value is -2.81. The zero-order valence-corrected chi connectivity index (χ0v) is 14.9. The van der Waals surface area contributed by atoms with Gasteiger partial charge >= 0.3 is 0 Å². The van der Waals surface area contributed by atoms with Crippen molar-refractivity contribution >= 4 is 35.1 Å². The number of nitrogens with zero attached hydrogens (tertiary/aromatic N) is 3. The number of rotatable bonds is 5. The highest BCUT2D eigenvalue weighted by molar-refractivity contribution is 7.99. The van der Waals surface area contributed by atoms with Gasteiger partial charge in [-0.2, -0.15) is 16.9 Å². The molecule has 136 valence electrons. The molecule has 0 atom stereocenters. The van der Waals surface area contributed by atoms with Gasteiger partial charge in [-0.1, -0.05) is 0 Å². The lowest BCUT2D eigenvalue weighted by molar-refractivity contribution is -0.117. The third-order valence-electron chi connectivity index (χ3n) is 3.93. The molecule has 0 aliphatic carbocycles. The largest absolute Gasteiger partial charge is 0.366 e. The molecule has 8 nitrogen and oxygen atoms in total. The summed E-state index contributed by atoms with van der Waals surface area (Å²) in [7, 11) is 0. The second-order valence-electron chi connectivity index (χ2n) is 5.78. The van der Waals surface area contributed by atoms with Crippen molar-refractivity contribution in [3.8, 4) is 0 Å². The van der Waals surface area contributed by atoms with Gasteiger partial charge in [0, 0.05) is 41.9 Å². The van der Waals surface area contributed by atoms with Crippen molar-refractivity contribution in [2.24, 2.45) is 5.73 Å². The van der Waals surface area contributed by atoms with Crippen LogP contribution in [0.25, 0.3) is 0 Å². The Morgan fingerprint density at radius 3 is 2.46 bits per heavy atom. The summed E-state index contributed by atoms with van der Waals surface area (Å²) in [5, 5.41) is 6.99. The van der Waals surface area contributed by atoms with Crippen molar-refractivity contribution in [3.05, 3.63) is 52.3 Å². The smallest absolute Gasteiger partial charge is 0.267 e. The van der Waals surface area contributed by atoms with E-state index in [1.807, 2.05) is 11.8 Å². The van der Waals surface area contributed by atoms with Gasteiger partial charge in [-0.05, 0) is 30.3 Å². The molecule has 1 aliphatic heterocycles. The zero-order valence-electron chi connectivity index (χ0n) is 14.1. The molecule has 1 aliphatic rings. The summed E-state index contributed by atoms with van der Waals surface area (Å²) in [6.45, 7) is 1.55. The van der Waals surface area contributed by atoms with E-state index in [1.54, 1.807) is 18.2 Å². The second-order valence-corrected chi connectivity index (χ2v) is 7.00. The summed E-state index contributed by atoms with van der Waals surface area (Å²) in [5.74, 6) is 1.82. The maximum Gasteiger partial charge on any atom is 0.267 e. The van der Waals surface area contributed by atoms with Gasteiger partial charge in [0.05, 0.1) is 0 Å². The molecule has 0 unspecified atom stereocenters. The van der Waals surface area contributed by atoms with Crippen molar-refractivity contribution in [1.82, 2.24) is 9.78 Å². The van der Waals surface area contributed by atoms with Crippen LogP contribution in [-0.4, -0.2) is 46.2 Å². The fraction of sp³-hybridized carbons (Fsp3) is 0.294. The summed E-state index contributed by atoms with van der Waals surface area (Å²) >= 11 is 1.88. The summed E-state index contributed by atoms with van der Waals surface area (Å²) in [6.07, 6.45) is 0. The third-order valence-corrected chi connectivity index (χ3v) is 4.88. The molecule has 2 heterocycles. The number of aromatic nitrogens is 2. The quantitative estimate of drug-likeness (QED) is 0.791. The molecule has 3 rings (SSSR count). The minimum absolute atomic E-state index is 0.188. The molecule has 9 heteroatoms. The van der Waals surface area contributed by atoms with Crippen molar-refractivity contribution in [3.63, 3.8) is 0 Å². The molecule has 0 radical (unpaired) electrons. The van der Waals surface area contributed by atoms with Crippen LogP contribution >= 0.6 is 11.8 Å². The van der Waals surface area contributed by atoms with Crippen LogP contribution in [-0.2, 0) is 11.3 Å². The number of primary amides is 1. The van der Waals surface area contributed by atoms with E-state index in [0.29, 0.717) is 17.1 Å². The van der Waals surface area contributed by atoms with E-state index in [-0.39, 0.29) is 18.0 Å². The number of benzene rings is 1. The summed E-state index contributed by atoms with van der Waals surface area (Å²) in [4.78, 5) is 37.4. The number of hydrogen-bond acceptors (Lipinski definition) is 6. The molecule has 2 amide bonds. The van der Waals surface area contributed by atoms with Crippen molar-refractivity contribution < 1.29 is 9.59 Å². The number of anilines is 2. The molecule has 1 fully saturated rings. The van der Waals surface area contributed by atoms with Gasteiger partial charge in [0.15, 0.2) is 0 Å². The highest BCUT2D eigenvalue weighted by Crippen LogP contribution is 2.15. The molecule has 0 spiro atoms. The lowest BCUT2D eigenvalue weighted by Crippen LogP contribution is -2.36. The minimum atomic E-state index is -0.536. The Labute approximate surface area is 154 Å². The number of nitrogens with two attached hydrogens (primary N) is 1. The SMILES string of the molecule is NC(=O)c1ccc(NC(=O)Cn2nc(N3CCSCC3)ccc2=O)cc1. The van der Waals surface area contributed by atoms with E-state index in [9.17, 15) is 14.4 Å². The third kappa shape index (κ3) is 4.42. The van der Waals surface area contributed by atoms with Crippen LogP contribution < -0.4 is 21.5 Å². The van der Waals surface area contributed by atoms with Gasteiger partial charge < -0.3 is 16.0 Å². The van der Waals surface area contributed by atoms with Crippen LogP contribution in [0.2, 0.25) is 0 Å². The predicted octanol–water partition coefficient (Wildman–Crippen LogP) is 0.534. The molecule has 26 heavy (non-hydrogen) atoms. The number of carbonyl (C=O) groups excluding carboxylic acids is 2. The van der Waals surface area contributed by atoms with E-state index in [0.717, 1.165) is 29.3 Å². The Kier molecular flexibility index (Phi) is 5.57. The van der Waals surface area contributed by atoms with Gasteiger partial charge in [0.2, 0.25) is 11.8 Å². The maximum atomic E-state index is 12.2. The predicted molar refractivity (Wildman–Crippen MR) is 102 cm³/mol. The van der Waals surface area contributed by atoms with E-state index in [1.165, 1.54) is 18.2 Å². The minimum Gasteiger partial charge on any atom is -0.366 e. The fourth-order valence-electron chi connectivity index (χ4n) is 2.57. The molecule has 0 saturated carbocycles. The summed E-state index contributed by atoms with van der Waals surface area (Å²) in [6, 6.07) is 9.33. The van der Waals surface area contributed by atoms with Crippen molar-refractivity contribution in [2.75, 3.05) is 34.8 Å². The average molecular weight is 373 g/mol. The number of nitrogens with one attached hydrogen (secondary N) is 1. The number of amides is 2. The van der Waals surface area contributed by atoms with Crippen LogP contribution in [0.5, 0.6) is 0 Å². The van der Waals surface area contributed by atoms with Gasteiger partial charge in [-0.3, -0.25) is 14.4 Å². The van der Waals surface area contributed by atoms with Gasteiger partial charge in [0.1, 0.15) is 12.4 Å². The van der Waals surface area contributed by atoms with Crippen molar-refractivity contribution in [1.29, 1.82) is 0 Å². The van der Waals surface area contributed by atoms with Crippen LogP contribution in [0.3, 0.4) is 0 Å². The normalized spacial score (nSPS) is 14.1. The Balaban J connectivity index is 1.68. The fourth-order valence-corrected chi connectivity index (χ4v) is 3.47. The Bertz CT molecular complexity index is 859. The average Bonchev–Trinajstić information content (AvgIpc) is 2.64. The maximum absolute atomic E-state index is 12.2. The summed E-state index contributed by atoms with van der Waals surface area (Å²) in [5.41, 5.74) is 5.71. The Morgan fingerprint density at radius 2 is 1.81 bits per heavy atom. The summed E-state index contributed by atoms with van der Waals surface area (Å²) < 4.78 is 1.16. The molecule has 1 aromatic heterocycles. The first-order chi connectivity index (χ1) is 12.5. The number of thioether (sulfide) groups is 1. The first kappa shape index (κ1) is 18.0. The number of carbonyl (C=O) groups is 2. The van der Waals surface area contributed by atoms with Crippen LogP contribution in [0.15, 0.2) is 41.2 Å². The monoisotopic (exact) mass is 373 g/mol. The zero-order chi connectivity index (χ0) is 18.5. The Morgan fingerprint density at radius 1 is 1.12 bits per heavy atom. The van der Waals surface area contributed by atoms with Crippen LogP contribution in [0.4, 0.5) is 11.5 Å². The first-order valence-electron chi connectivity index (χ1n) is 8.13. The molecule has 3 N–H and O–H groups in total.